The van der Waals surface area contributed by atoms with Crippen molar-refractivity contribution in [1.29, 1.82) is 0 Å². The number of nitrogens with one attached hydrogen (secondary N) is 3. The van der Waals surface area contributed by atoms with Crippen LogP contribution in [0.15, 0.2) is 84.9 Å². The van der Waals surface area contributed by atoms with Crippen LogP contribution in [0.25, 0.3) is 0 Å². The maximum atomic E-state index is 13.5. The molecule has 3 aromatic rings. The first-order valence-electron chi connectivity index (χ1n) is 15.1. The molecule has 0 aliphatic carbocycles. The Morgan fingerprint density at radius 2 is 1.17 bits per heavy atom. The van der Waals surface area contributed by atoms with E-state index in [-0.39, 0.29) is 11.3 Å². The summed E-state index contributed by atoms with van der Waals surface area (Å²) in [4.78, 5) is 63.2. The van der Waals surface area contributed by atoms with Crippen molar-refractivity contribution in [3.63, 3.8) is 0 Å². The van der Waals surface area contributed by atoms with Crippen LogP contribution in [0.1, 0.15) is 70.4 Å². The molecule has 13 heteroatoms. The Balaban J connectivity index is 1.76. The van der Waals surface area contributed by atoms with E-state index in [1.807, 2.05) is 12.1 Å². The molecular weight excluding hydrogens is 622 g/mol. The highest BCUT2D eigenvalue weighted by molar-refractivity contribution is 5.87. The zero-order valence-corrected chi connectivity index (χ0v) is 27.6. The molecule has 0 heterocycles. The van der Waals surface area contributed by atoms with Gasteiger partial charge in [0.15, 0.2) is 18.2 Å². The molecule has 0 saturated heterocycles. The molecule has 0 bridgehead atoms. The molecule has 48 heavy (non-hydrogen) atoms. The number of carbonyl (C=O) groups is 5. The van der Waals surface area contributed by atoms with Crippen molar-refractivity contribution in [3.05, 3.63) is 102 Å². The Morgan fingerprint density at radius 1 is 0.667 bits per heavy atom. The molecule has 0 aromatic heterocycles. The van der Waals surface area contributed by atoms with Gasteiger partial charge in [0.25, 0.3) is 0 Å². The van der Waals surface area contributed by atoms with Gasteiger partial charge in [-0.05, 0) is 70.4 Å². The van der Waals surface area contributed by atoms with Crippen LogP contribution in [0.3, 0.4) is 0 Å². The molecule has 0 fully saturated rings. The van der Waals surface area contributed by atoms with Gasteiger partial charge in [0.1, 0.15) is 17.8 Å². The molecule has 0 saturated carbocycles. The largest absolute Gasteiger partial charge is 0.479 e. The zero-order valence-electron chi connectivity index (χ0n) is 27.6. The lowest BCUT2D eigenvalue weighted by Gasteiger charge is -2.25. The van der Waals surface area contributed by atoms with Crippen LogP contribution >= 0.6 is 0 Å². The fourth-order valence-corrected chi connectivity index (χ4v) is 4.22. The molecule has 0 aliphatic heterocycles. The molecule has 3 aromatic carbocycles. The second-order valence-electron chi connectivity index (χ2n) is 12.6. The van der Waals surface area contributed by atoms with E-state index in [4.69, 9.17) is 18.9 Å². The number of carboxylic acids is 1. The van der Waals surface area contributed by atoms with Crippen LogP contribution in [0.2, 0.25) is 0 Å². The standard InChI is InChI=1S/C35H41N3O10/c1-34(2,3)47-32(43)37-26(30(41)46-28(22-14-9-7-10-15-22)23-16-11-8-12-17-23)21-45-31(42)36-25-19-13-18-24(20-25)27(29(39)40)38-33(44)48-35(4,5)6/h7-20,26-28H,21H2,1-6H3,(H,36,42)(H,37,43)(H,38,44)(H,39,40)/t26?,27-/m1/s1. The molecule has 13 nitrogen and oxygen atoms in total. The molecule has 4 N–H and O–H groups in total. The van der Waals surface area contributed by atoms with Crippen LogP contribution in [-0.2, 0) is 28.5 Å². The number of benzene rings is 3. The van der Waals surface area contributed by atoms with Crippen molar-refractivity contribution in [3.8, 4) is 0 Å². The Morgan fingerprint density at radius 3 is 1.67 bits per heavy atom. The lowest BCUT2D eigenvalue weighted by atomic mass is 10.0. The Hall–Kier alpha value is -5.59. The minimum Gasteiger partial charge on any atom is -0.479 e. The summed E-state index contributed by atoms with van der Waals surface area (Å²) in [5.41, 5.74) is -0.133. The molecule has 3 amide bonds. The number of anilines is 1. The van der Waals surface area contributed by atoms with Crippen molar-refractivity contribution in [2.45, 2.75) is 70.9 Å². The van der Waals surface area contributed by atoms with E-state index in [0.717, 1.165) is 0 Å². The number of aliphatic carboxylic acids is 1. The fourth-order valence-electron chi connectivity index (χ4n) is 4.22. The average molecular weight is 664 g/mol. The quantitative estimate of drug-likeness (QED) is 0.138. The number of rotatable bonds is 11. The van der Waals surface area contributed by atoms with Crippen molar-refractivity contribution in [1.82, 2.24) is 10.6 Å². The number of hydrogen-bond donors (Lipinski definition) is 4. The van der Waals surface area contributed by atoms with Crippen molar-refractivity contribution >= 4 is 35.9 Å². The minimum absolute atomic E-state index is 0.127. The first-order chi connectivity index (χ1) is 22.5. The molecule has 1 unspecified atom stereocenters. The summed E-state index contributed by atoms with van der Waals surface area (Å²) in [5, 5.41) is 16.9. The summed E-state index contributed by atoms with van der Waals surface area (Å²) < 4.78 is 21.6. The van der Waals surface area contributed by atoms with Crippen LogP contribution in [0.4, 0.5) is 20.1 Å². The average Bonchev–Trinajstić information content (AvgIpc) is 2.99. The number of ether oxygens (including phenoxy) is 4. The molecule has 256 valence electrons. The lowest BCUT2D eigenvalue weighted by molar-refractivity contribution is -0.151. The normalized spacial score (nSPS) is 12.6. The van der Waals surface area contributed by atoms with Crippen molar-refractivity contribution in [2.75, 3.05) is 11.9 Å². The molecular formula is C35H41N3O10. The van der Waals surface area contributed by atoms with Gasteiger partial charge in [-0.3, -0.25) is 5.32 Å². The van der Waals surface area contributed by atoms with Gasteiger partial charge in [0, 0.05) is 5.69 Å². The SMILES string of the molecule is CC(C)(C)OC(=O)NC(COC(=O)Nc1cccc([C@@H](NC(=O)OC(C)(C)C)C(=O)O)c1)C(=O)OC(c1ccccc1)c1ccccc1. The van der Waals surface area contributed by atoms with Gasteiger partial charge in [-0.1, -0.05) is 72.8 Å². The molecule has 3 rings (SSSR count). The van der Waals surface area contributed by atoms with Gasteiger partial charge in [-0.15, -0.1) is 0 Å². The van der Waals surface area contributed by atoms with E-state index in [1.54, 1.807) is 90.1 Å². The first kappa shape index (κ1) is 36.9. The highest BCUT2D eigenvalue weighted by Gasteiger charge is 2.31. The second-order valence-corrected chi connectivity index (χ2v) is 12.6. The number of amides is 3. The third-order valence-electron chi connectivity index (χ3n) is 6.17. The Kier molecular flexibility index (Phi) is 12.5. The van der Waals surface area contributed by atoms with Crippen molar-refractivity contribution < 1.29 is 48.0 Å². The van der Waals surface area contributed by atoms with Crippen LogP contribution in [0.5, 0.6) is 0 Å². The predicted molar refractivity (Wildman–Crippen MR) is 175 cm³/mol. The highest BCUT2D eigenvalue weighted by Crippen LogP contribution is 2.26. The van der Waals surface area contributed by atoms with Crippen LogP contribution in [0, 0.1) is 0 Å². The highest BCUT2D eigenvalue weighted by atomic mass is 16.6. The van der Waals surface area contributed by atoms with Crippen LogP contribution in [-0.4, -0.2) is 59.2 Å². The number of hydrogen-bond acceptors (Lipinski definition) is 9. The third kappa shape index (κ3) is 12.3. The van der Waals surface area contributed by atoms with E-state index in [1.165, 1.54) is 24.3 Å². The summed E-state index contributed by atoms with van der Waals surface area (Å²) in [6, 6.07) is 20.7. The van der Waals surface area contributed by atoms with E-state index in [9.17, 15) is 29.1 Å². The number of alkyl carbamates (subject to hydrolysis) is 2. The Bertz CT molecular complexity index is 1530. The molecule has 0 spiro atoms. The minimum atomic E-state index is -1.49. The first-order valence-corrected chi connectivity index (χ1v) is 15.1. The summed E-state index contributed by atoms with van der Waals surface area (Å²) >= 11 is 0. The summed E-state index contributed by atoms with van der Waals surface area (Å²) in [6.07, 6.45) is -3.74. The monoisotopic (exact) mass is 663 g/mol. The predicted octanol–water partition coefficient (Wildman–Crippen LogP) is 6.11. The van der Waals surface area contributed by atoms with E-state index >= 15 is 0 Å². The summed E-state index contributed by atoms with van der Waals surface area (Å²) in [5.74, 6) is -2.26. The maximum absolute atomic E-state index is 13.5. The smallest absolute Gasteiger partial charge is 0.411 e. The topological polar surface area (TPSA) is 179 Å². The van der Waals surface area contributed by atoms with Gasteiger partial charge in [0.2, 0.25) is 0 Å². The number of carboxylic acid groups (broad SMARTS) is 1. The molecule has 2 atom stereocenters. The fraction of sp³-hybridized carbons (Fsp3) is 0.343. The summed E-state index contributed by atoms with van der Waals surface area (Å²) in [7, 11) is 0. The van der Waals surface area contributed by atoms with E-state index < -0.39 is 66.2 Å². The zero-order chi connectivity index (χ0) is 35.5. The van der Waals surface area contributed by atoms with E-state index in [0.29, 0.717) is 11.1 Å². The lowest BCUT2D eigenvalue weighted by Crippen LogP contribution is -2.47. The van der Waals surface area contributed by atoms with Gasteiger partial charge in [0.05, 0.1) is 0 Å². The second kappa shape index (κ2) is 16.3. The molecule has 0 radical (unpaired) electrons. The maximum Gasteiger partial charge on any atom is 0.411 e. The molecule has 0 aliphatic rings. The third-order valence-corrected chi connectivity index (χ3v) is 6.17. The van der Waals surface area contributed by atoms with Crippen molar-refractivity contribution in [2.24, 2.45) is 0 Å². The van der Waals surface area contributed by atoms with Gasteiger partial charge in [-0.25, -0.2) is 24.0 Å². The van der Waals surface area contributed by atoms with Gasteiger partial charge >= 0.3 is 30.2 Å². The van der Waals surface area contributed by atoms with Crippen LogP contribution < -0.4 is 16.0 Å². The van der Waals surface area contributed by atoms with E-state index in [2.05, 4.69) is 16.0 Å². The van der Waals surface area contributed by atoms with Gasteiger partial charge in [-0.2, -0.15) is 0 Å². The summed E-state index contributed by atoms with van der Waals surface area (Å²) in [6.45, 7) is 9.21. The Labute approximate surface area is 278 Å². The number of carbonyl (C=O) groups excluding carboxylic acids is 4. The number of esters is 1. The van der Waals surface area contributed by atoms with Gasteiger partial charge < -0.3 is 34.7 Å².